The van der Waals surface area contributed by atoms with Crippen molar-refractivity contribution in [1.82, 2.24) is 0 Å². The first-order valence-electron chi connectivity index (χ1n) is 6.69. The van der Waals surface area contributed by atoms with E-state index in [1.54, 1.807) is 0 Å². The van der Waals surface area contributed by atoms with Crippen LogP contribution < -0.4 is 0 Å². The van der Waals surface area contributed by atoms with Gasteiger partial charge in [-0.1, -0.05) is 63.7 Å². The number of hydrogen-bond donors (Lipinski definition) is 0. The lowest BCUT2D eigenvalue weighted by Gasteiger charge is -2.31. The van der Waals surface area contributed by atoms with Gasteiger partial charge in [0.05, 0.1) is 0 Å². The molecule has 0 radical (unpaired) electrons. The average molecular weight is 620 g/mol. The highest BCUT2D eigenvalue weighted by atomic mass is 79.9. The monoisotopic (exact) mass is 616 g/mol. The Balaban J connectivity index is 5.24. The second kappa shape index (κ2) is 13.9. The van der Waals surface area contributed by atoms with Crippen molar-refractivity contribution in [2.75, 3.05) is 47.7 Å². The van der Waals surface area contributed by atoms with E-state index < -0.39 is 29.3 Å². The number of ether oxygens (including phenoxy) is 4. The number of rotatable bonds is 12. The number of carbonyl (C=O) groups is 4. The maximum absolute atomic E-state index is 11.4. The molecule has 8 nitrogen and oxygen atoms in total. The molecule has 0 N–H and O–H groups in total. The van der Waals surface area contributed by atoms with Crippen LogP contribution in [0.4, 0.5) is 0 Å². The Hall–Kier alpha value is -0.200. The third-order valence-corrected chi connectivity index (χ3v) is 4.43. The van der Waals surface area contributed by atoms with Crippen molar-refractivity contribution in [1.29, 1.82) is 0 Å². The number of alkyl halides is 4. The molecule has 0 aromatic rings. The number of carbonyl (C=O) groups excluding carboxylic acids is 4. The number of esters is 4. The van der Waals surface area contributed by atoms with Crippen molar-refractivity contribution in [2.45, 2.75) is 0 Å². The van der Waals surface area contributed by atoms with Crippen LogP contribution in [0.25, 0.3) is 0 Å². The van der Waals surface area contributed by atoms with Gasteiger partial charge in [-0.25, -0.2) is 0 Å². The zero-order valence-electron chi connectivity index (χ0n) is 12.9. The van der Waals surface area contributed by atoms with Crippen molar-refractivity contribution < 1.29 is 38.1 Å². The third kappa shape index (κ3) is 11.2. The van der Waals surface area contributed by atoms with Gasteiger partial charge in [0.2, 0.25) is 0 Å². The Kier molecular flexibility index (Phi) is 13.8. The van der Waals surface area contributed by atoms with Crippen LogP contribution in [0.2, 0.25) is 0 Å². The third-order valence-electron chi connectivity index (χ3n) is 2.59. The summed E-state index contributed by atoms with van der Waals surface area (Å²) in [5.74, 6) is -2.30. The molecule has 0 heterocycles. The molecule has 0 fully saturated rings. The van der Waals surface area contributed by atoms with E-state index in [0.29, 0.717) is 0 Å². The molecule has 0 saturated carbocycles. The molecule has 0 atom stereocenters. The van der Waals surface area contributed by atoms with Gasteiger partial charge in [-0.2, -0.15) is 0 Å². The van der Waals surface area contributed by atoms with E-state index in [1.165, 1.54) is 0 Å². The van der Waals surface area contributed by atoms with Crippen molar-refractivity contribution >= 4 is 87.6 Å². The predicted octanol–water partition coefficient (Wildman–Crippen LogP) is 1.73. The normalized spacial score (nSPS) is 10.7. The van der Waals surface area contributed by atoms with Crippen molar-refractivity contribution in [3.05, 3.63) is 0 Å². The van der Waals surface area contributed by atoms with Crippen LogP contribution in [-0.4, -0.2) is 71.6 Å². The predicted molar refractivity (Wildman–Crippen MR) is 101 cm³/mol. The van der Waals surface area contributed by atoms with Crippen LogP contribution >= 0.6 is 63.7 Å². The van der Waals surface area contributed by atoms with Gasteiger partial charge in [-0.05, 0) is 0 Å². The lowest BCUT2D eigenvalue weighted by molar-refractivity contribution is -0.167. The minimum Gasteiger partial charge on any atom is -0.464 e. The molecule has 0 aliphatic heterocycles. The molecule has 0 aliphatic rings. The van der Waals surface area contributed by atoms with E-state index in [-0.39, 0.29) is 47.7 Å². The standard InChI is InChI=1S/C13H16Br4O8/c14-1-9(18)22-5-13(6-23-10(19)2-15,7-24-11(20)3-16)8-25-12(21)4-17/h1-8H2. The molecule has 0 bridgehead atoms. The fraction of sp³-hybridized carbons (Fsp3) is 0.692. The molecule has 144 valence electrons. The van der Waals surface area contributed by atoms with Gasteiger partial charge in [0.15, 0.2) is 0 Å². The Morgan fingerprint density at radius 3 is 0.880 bits per heavy atom. The van der Waals surface area contributed by atoms with E-state index >= 15 is 0 Å². The minimum absolute atomic E-state index is 0.0490. The quantitative estimate of drug-likeness (QED) is 0.185. The van der Waals surface area contributed by atoms with Gasteiger partial charge in [-0.15, -0.1) is 0 Å². The first kappa shape index (κ1) is 24.8. The Labute approximate surface area is 178 Å². The number of halogens is 4. The molecule has 0 saturated heterocycles. The van der Waals surface area contributed by atoms with Crippen LogP contribution in [0, 0.1) is 5.41 Å². The summed E-state index contributed by atoms with van der Waals surface area (Å²) in [4.78, 5) is 45.7. The summed E-state index contributed by atoms with van der Waals surface area (Å²) >= 11 is 11.8. The molecule has 12 heteroatoms. The zero-order chi connectivity index (χ0) is 19.3. The van der Waals surface area contributed by atoms with Gasteiger partial charge >= 0.3 is 23.9 Å². The van der Waals surface area contributed by atoms with E-state index in [4.69, 9.17) is 18.9 Å². The highest BCUT2D eigenvalue weighted by Crippen LogP contribution is 2.22. The van der Waals surface area contributed by atoms with Gasteiger partial charge in [-0.3, -0.25) is 19.2 Å². The van der Waals surface area contributed by atoms with E-state index in [1.807, 2.05) is 0 Å². The van der Waals surface area contributed by atoms with Gasteiger partial charge in [0, 0.05) is 0 Å². The Bertz CT molecular complexity index is 385. The van der Waals surface area contributed by atoms with Crippen LogP contribution in [0.5, 0.6) is 0 Å². The van der Waals surface area contributed by atoms with Crippen LogP contribution in [-0.2, 0) is 38.1 Å². The first-order valence-corrected chi connectivity index (χ1v) is 11.2. The van der Waals surface area contributed by atoms with E-state index in [0.717, 1.165) is 0 Å². The molecule has 25 heavy (non-hydrogen) atoms. The highest BCUT2D eigenvalue weighted by molar-refractivity contribution is 9.10. The van der Waals surface area contributed by atoms with E-state index in [2.05, 4.69) is 63.7 Å². The maximum atomic E-state index is 11.4. The summed E-state index contributed by atoms with van der Waals surface area (Å²) < 4.78 is 20.2. The van der Waals surface area contributed by atoms with Gasteiger partial charge < -0.3 is 18.9 Å². The SMILES string of the molecule is O=C(CBr)OCC(COC(=O)CBr)(COC(=O)CBr)COC(=O)CBr. The second-order valence-corrected chi connectivity index (χ2v) is 6.92. The second-order valence-electron chi connectivity index (χ2n) is 4.68. The lowest BCUT2D eigenvalue weighted by atomic mass is 9.92. The number of hydrogen-bond acceptors (Lipinski definition) is 8. The molecule has 0 unspecified atom stereocenters. The Morgan fingerprint density at radius 2 is 0.720 bits per heavy atom. The Morgan fingerprint density at radius 1 is 0.520 bits per heavy atom. The van der Waals surface area contributed by atoms with Crippen LogP contribution in [0.1, 0.15) is 0 Å². The van der Waals surface area contributed by atoms with E-state index in [9.17, 15) is 19.2 Å². The summed E-state index contributed by atoms with van der Waals surface area (Å²) in [5.41, 5.74) is -1.23. The smallest absolute Gasteiger partial charge is 0.316 e. The molecule has 0 amide bonds. The molecule has 0 aromatic heterocycles. The van der Waals surface area contributed by atoms with Crippen LogP contribution in [0.3, 0.4) is 0 Å². The minimum atomic E-state index is -1.23. The van der Waals surface area contributed by atoms with Crippen LogP contribution in [0.15, 0.2) is 0 Å². The highest BCUT2D eigenvalue weighted by Gasteiger charge is 2.37. The molecular formula is C13H16Br4O8. The summed E-state index contributed by atoms with van der Waals surface area (Å²) in [6.45, 7) is -1.12. The topological polar surface area (TPSA) is 105 Å². The molecule has 0 aromatic carbocycles. The summed E-state index contributed by atoms with van der Waals surface area (Å²) in [6, 6.07) is 0. The zero-order valence-corrected chi connectivity index (χ0v) is 19.3. The average Bonchev–Trinajstić information content (AvgIpc) is 2.65. The van der Waals surface area contributed by atoms with Gasteiger partial charge in [0.25, 0.3) is 0 Å². The molecule has 0 rings (SSSR count). The first-order chi connectivity index (χ1) is 11.8. The fourth-order valence-electron chi connectivity index (χ4n) is 1.34. The fourth-order valence-corrected chi connectivity index (χ4v) is 1.99. The molecular weight excluding hydrogens is 604 g/mol. The van der Waals surface area contributed by atoms with Crippen molar-refractivity contribution in [2.24, 2.45) is 5.41 Å². The van der Waals surface area contributed by atoms with Gasteiger partial charge in [0.1, 0.15) is 53.2 Å². The summed E-state index contributed by atoms with van der Waals surface area (Å²) in [6.07, 6.45) is 0. The lowest BCUT2D eigenvalue weighted by Crippen LogP contribution is -2.44. The largest absolute Gasteiger partial charge is 0.464 e. The van der Waals surface area contributed by atoms with Crippen molar-refractivity contribution in [3.63, 3.8) is 0 Å². The molecule has 0 aliphatic carbocycles. The summed E-state index contributed by atoms with van der Waals surface area (Å²) in [7, 11) is 0. The van der Waals surface area contributed by atoms with Crippen molar-refractivity contribution in [3.8, 4) is 0 Å². The molecule has 0 spiro atoms. The summed E-state index contributed by atoms with van der Waals surface area (Å²) in [5, 5.41) is -0.196. The maximum Gasteiger partial charge on any atom is 0.316 e.